The highest BCUT2D eigenvalue weighted by Crippen LogP contribution is 2.40. The van der Waals surface area contributed by atoms with E-state index in [2.05, 4.69) is 15.5 Å². The molecule has 0 atom stereocenters. The van der Waals surface area contributed by atoms with E-state index in [9.17, 15) is 9.59 Å². The number of hydrogen-bond acceptors (Lipinski definition) is 6. The molecule has 7 nitrogen and oxygen atoms in total. The van der Waals surface area contributed by atoms with Gasteiger partial charge in [0.2, 0.25) is 11.8 Å². The normalized spacial score (nSPS) is 12.6. The van der Waals surface area contributed by atoms with Crippen LogP contribution in [0.2, 0.25) is 5.02 Å². The van der Waals surface area contributed by atoms with Gasteiger partial charge in [-0.2, -0.15) is 0 Å². The number of fused-ring (bicyclic) bond motifs is 2. The van der Waals surface area contributed by atoms with Crippen molar-refractivity contribution in [2.75, 3.05) is 16.8 Å². The maximum absolute atomic E-state index is 13.3. The zero-order valence-electron chi connectivity index (χ0n) is 17.9. The summed E-state index contributed by atoms with van der Waals surface area (Å²) in [5.74, 6) is -0.0873. The second-order valence-corrected chi connectivity index (χ2v) is 9.09. The van der Waals surface area contributed by atoms with Crippen molar-refractivity contribution in [3.05, 3.63) is 83.5 Å². The Hall–Kier alpha value is -3.62. The van der Waals surface area contributed by atoms with E-state index in [0.717, 1.165) is 16.1 Å². The quantitative estimate of drug-likeness (QED) is 0.361. The summed E-state index contributed by atoms with van der Waals surface area (Å²) in [4.78, 5) is 32.8. The van der Waals surface area contributed by atoms with Crippen molar-refractivity contribution in [2.24, 2.45) is 0 Å². The Kier molecular flexibility index (Phi) is 6.33. The Balaban J connectivity index is 1.24. The highest BCUT2D eigenvalue weighted by atomic mass is 35.5. The molecule has 1 aliphatic heterocycles. The average Bonchev–Trinajstić information content (AvgIpc) is 3.26. The van der Waals surface area contributed by atoms with Crippen LogP contribution in [-0.4, -0.2) is 28.5 Å². The SMILES string of the molecule is O=C(CCCN1C(=O)c2cccnc2Sc2ccccc21)Nc1cc(-c2cccc(Cl)c2)no1. The first kappa shape index (κ1) is 22.2. The van der Waals surface area contributed by atoms with E-state index in [1.165, 1.54) is 11.8 Å². The molecule has 0 unspecified atom stereocenters. The standard InChI is InChI=1S/C25H19ClN4O3S/c26-17-7-3-6-16(14-17)19-15-23(33-29-19)28-22(31)11-5-13-30-20-9-1-2-10-21(20)34-24-18(25(30)32)8-4-12-27-24/h1-4,6-10,12,14-15H,5,11,13H2,(H,28,31). The van der Waals surface area contributed by atoms with E-state index in [-0.39, 0.29) is 24.1 Å². The molecule has 1 aliphatic rings. The fourth-order valence-electron chi connectivity index (χ4n) is 3.70. The molecule has 0 radical (unpaired) electrons. The largest absolute Gasteiger partial charge is 0.338 e. The number of carbonyl (C=O) groups excluding carboxylic acids is 2. The van der Waals surface area contributed by atoms with Crippen LogP contribution < -0.4 is 10.2 Å². The van der Waals surface area contributed by atoms with Crippen LogP contribution in [0.25, 0.3) is 11.3 Å². The van der Waals surface area contributed by atoms with E-state index in [0.29, 0.717) is 34.3 Å². The smallest absolute Gasteiger partial charge is 0.261 e. The minimum absolute atomic E-state index is 0.123. The molecule has 0 aliphatic carbocycles. The molecule has 0 fully saturated rings. The number of carbonyl (C=O) groups is 2. The van der Waals surface area contributed by atoms with E-state index >= 15 is 0 Å². The summed E-state index contributed by atoms with van der Waals surface area (Å²) in [7, 11) is 0. The van der Waals surface area contributed by atoms with Gasteiger partial charge in [0.25, 0.3) is 5.91 Å². The highest BCUT2D eigenvalue weighted by Gasteiger charge is 2.27. The molecule has 9 heteroatoms. The Morgan fingerprint density at radius 3 is 2.85 bits per heavy atom. The zero-order chi connectivity index (χ0) is 23.5. The van der Waals surface area contributed by atoms with Crippen molar-refractivity contribution in [1.82, 2.24) is 10.1 Å². The minimum Gasteiger partial charge on any atom is -0.338 e. The fourth-order valence-corrected chi connectivity index (χ4v) is 4.90. The molecular formula is C25H19ClN4O3S. The number of nitrogens with one attached hydrogen (secondary N) is 1. The topological polar surface area (TPSA) is 88.3 Å². The van der Waals surface area contributed by atoms with Crippen LogP contribution in [0.5, 0.6) is 0 Å². The lowest BCUT2D eigenvalue weighted by Gasteiger charge is -2.22. The fraction of sp³-hybridized carbons (Fsp3) is 0.120. The van der Waals surface area contributed by atoms with Gasteiger partial charge < -0.3 is 9.42 Å². The Labute approximate surface area is 205 Å². The maximum Gasteiger partial charge on any atom is 0.261 e. The molecule has 170 valence electrons. The summed E-state index contributed by atoms with van der Waals surface area (Å²) in [6, 6.07) is 20.1. The third kappa shape index (κ3) is 4.69. The number of pyridine rings is 1. The average molecular weight is 491 g/mol. The van der Waals surface area contributed by atoms with E-state index in [4.69, 9.17) is 16.1 Å². The minimum atomic E-state index is -0.221. The molecule has 1 N–H and O–H groups in total. The molecule has 3 heterocycles. The van der Waals surface area contributed by atoms with Gasteiger partial charge in [-0.15, -0.1) is 0 Å². The van der Waals surface area contributed by atoms with Crippen molar-refractivity contribution in [3.63, 3.8) is 0 Å². The number of benzene rings is 2. The molecule has 0 saturated heterocycles. The van der Waals surface area contributed by atoms with Crippen LogP contribution in [0, 0.1) is 0 Å². The number of rotatable bonds is 6. The summed E-state index contributed by atoms with van der Waals surface area (Å²) in [6.45, 7) is 0.391. The summed E-state index contributed by atoms with van der Waals surface area (Å²) in [6.07, 6.45) is 2.37. The number of anilines is 2. The van der Waals surface area contributed by atoms with E-state index in [1.807, 2.05) is 36.4 Å². The monoisotopic (exact) mass is 490 g/mol. The van der Waals surface area contributed by atoms with Crippen molar-refractivity contribution < 1.29 is 14.1 Å². The molecule has 0 spiro atoms. The molecule has 0 bridgehead atoms. The summed E-state index contributed by atoms with van der Waals surface area (Å²) in [5, 5.41) is 7.99. The summed E-state index contributed by atoms with van der Waals surface area (Å²) >= 11 is 7.50. The van der Waals surface area contributed by atoms with Gasteiger partial charge in [-0.1, -0.05) is 52.8 Å². The van der Waals surface area contributed by atoms with Crippen LogP contribution in [0.4, 0.5) is 11.6 Å². The lowest BCUT2D eigenvalue weighted by atomic mass is 10.1. The van der Waals surface area contributed by atoms with Gasteiger partial charge in [-0.3, -0.25) is 14.9 Å². The summed E-state index contributed by atoms with van der Waals surface area (Å²) < 4.78 is 5.25. The Morgan fingerprint density at radius 2 is 1.97 bits per heavy atom. The molecule has 2 aromatic carbocycles. The first-order valence-electron chi connectivity index (χ1n) is 10.6. The van der Waals surface area contributed by atoms with Crippen molar-refractivity contribution in [3.8, 4) is 11.3 Å². The predicted molar refractivity (Wildman–Crippen MR) is 131 cm³/mol. The third-order valence-electron chi connectivity index (χ3n) is 5.29. The van der Waals surface area contributed by atoms with Gasteiger partial charge in [0.05, 0.1) is 11.3 Å². The van der Waals surface area contributed by atoms with Crippen molar-refractivity contribution in [2.45, 2.75) is 22.8 Å². The van der Waals surface area contributed by atoms with Crippen LogP contribution in [0.15, 0.2) is 87.4 Å². The highest BCUT2D eigenvalue weighted by molar-refractivity contribution is 7.99. The first-order chi connectivity index (χ1) is 16.6. The molecule has 2 aromatic heterocycles. The van der Waals surface area contributed by atoms with Crippen LogP contribution in [0.3, 0.4) is 0 Å². The second kappa shape index (κ2) is 9.70. The van der Waals surface area contributed by atoms with Crippen molar-refractivity contribution >= 4 is 46.7 Å². The van der Waals surface area contributed by atoms with Gasteiger partial charge in [0.15, 0.2) is 0 Å². The number of para-hydroxylation sites is 1. The van der Waals surface area contributed by atoms with Crippen LogP contribution in [0.1, 0.15) is 23.2 Å². The number of halogens is 1. The Morgan fingerprint density at radius 1 is 1.09 bits per heavy atom. The molecular weight excluding hydrogens is 472 g/mol. The number of aromatic nitrogens is 2. The lowest BCUT2D eigenvalue weighted by molar-refractivity contribution is -0.116. The van der Waals surface area contributed by atoms with Crippen LogP contribution >= 0.6 is 23.4 Å². The van der Waals surface area contributed by atoms with Gasteiger partial charge in [-0.25, -0.2) is 4.98 Å². The van der Waals surface area contributed by atoms with Gasteiger partial charge in [0.1, 0.15) is 10.7 Å². The van der Waals surface area contributed by atoms with Gasteiger partial charge in [-0.05, 0) is 42.8 Å². The molecule has 5 rings (SSSR count). The third-order valence-corrected chi connectivity index (χ3v) is 6.61. The van der Waals surface area contributed by atoms with Gasteiger partial charge in [0, 0.05) is 40.7 Å². The van der Waals surface area contributed by atoms with Gasteiger partial charge >= 0.3 is 0 Å². The number of hydrogen-bond donors (Lipinski definition) is 1. The maximum atomic E-state index is 13.3. The molecule has 2 amide bonds. The van der Waals surface area contributed by atoms with Crippen molar-refractivity contribution in [1.29, 1.82) is 0 Å². The number of amides is 2. The molecule has 34 heavy (non-hydrogen) atoms. The Bertz CT molecular complexity index is 1370. The zero-order valence-corrected chi connectivity index (χ0v) is 19.5. The van der Waals surface area contributed by atoms with E-state index in [1.54, 1.807) is 41.4 Å². The molecule has 0 saturated carbocycles. The second-order valence-electron chi connectivity index (χ2n) is 7.62. The molecule has 4 aromatic rings. The summed E-state index contributed by atoms with van der Waals surface area (Å²) in [5.41, 5.74) is 2.75. The lowest BCUT2D eigenvalue weighted by Crippen LogP contribution is -2.32. The van der Waals surface area contributed by atoms with Crippen LogP contribution in [-0.2, 0) is 4.79 Å². The first-order valence-corrected chi connectivity index (χ1v) is 11.8. The number of nitrogens with zero attached hydrogens (tertiary/aromatic N) is 3. The predicted octanol–water partition coefficient (Wildman–Crippen LogP) is 5.92. The van der Waals surface area contributed by atoms with E-state index < -0.39 is 0 Å².